The summed E-state index contributed by atoms with van der Waals surface area (Å²) in [6, 6.07) is 9.27. The van der Waals surface area contributed by atoms with Crippen molar-refractivity contribution in [1.82, 2.24) is 15.3 Å². The predicted molar refractivity (Wildman–Crippen MR) is 118 cm³/mol. The fourth-order valence-electron chi connectivity index (χ4n) is 3.76. The maximum atomic E-state index is 14.8. The monoisotopic (exact) mass is 438 g/mol. The number of rotatable bonds is 8. The van der Waals surface area contributed by atoms with E-state index in [0.717, 1.165) is 29.8 Å². The first kappa shape index (κ1) is 21.3. The third kappa shape index (κ3) is 4.53. The van der Waals surface area contributed by atoms with Crippen LogP contribution < -0.4 is 21.7 Å². The van der Waals surface area contributed by atoms with Gasteiger partial charge in [0.15, 0.2) is 11.6 Å². The molecule has 2 atom stereocenters. The molecule has 0 aliphatic heterocycles. The summed E-state index contributed by atoms with van der Waals surface area (Å²) in [6.07, 6.45) is 2.31. The van der Waals surface area contributed by atoms with Crippen LogP contribution in [0.5, 0.6) is 0 Å². The molecule has 2 aromatic heterocycles. The second kappa shape index (κ2) is 8.66. The molecule has 166 valence electrons. The SMILES string of the molecule is C[C@H](NC(=O)O)[C@@H](Nc1nc(Nc2cccc3ncccc23)c(C(N)=O)cc1F)C1CC1. The van der Waals surface area contributed by atoms with Gasteiger partial charge in [0.1, 0.15) is 5.82 Å². The van der Waals surface area contributed by atoms with Crippen LogP contribution in [0.3, 0.4) is 0 Å². The van der Waals surface area contributed by atoms with E-state index in [1.54, 1.807) is 31.3 Å². The molecule has 0 radical (unpaired) electrons. The molecular formula is C22H23FN6O3. The van der Waals surface area contributed by atoms with Gasteiger partial charge in [-0.1, -0.05) is 6.07 Å². The molecule has 6 N–H and O–H groups in total. The van der Waals surface area contributed by atoms with Gasteiger partial charge in [0.25, 0.3) is 5.91 Å². The van der Waals surface area contributed by atoms with Crippen LogP contribution in [0.4, 0.5) is 26.5 Å². The third-order valence-electron chi connectivity index (χ3n) is 5.46. The lowest BCUT2D eigenvalue weighted by atomic mass is 10.0. The van der Waals surface area contributed by atoms with Crippen LogP contribution in [0.25, 0.3) is 10.9 Å². The van der Waals surface area contributed by atoms with Gasteiger partial charge in [0.05, 0.1) is 17.1 Å². The van der Waals surface area contributed by atoms with Crippen LogP contribution in [0.1, 0.15) is 30.1 Å². The first-order valence-electron chi connectivity index (χ1n) is 10.2. The summed E-state index contributed by atoms with van der Waals surface area (Å²) >= 11 is 0. The van der Waals surface area contributed by atoms with Crippen LogP contribution >= 0.6 is 0 Å². The van der Waals surface area contributed by atoms with E-state index in [1.807, 2.05) is 12.1 Å². The van der Waals surface area contributed by atoms with E-state index in [2.05, 4.69) is 25.9 Å². The summed E-state index contributed by atoms with van der Waals surface area (Å²) in [5.74, 6) is -1.40. The molecule has 1 aromatic carbocycles. The number of carbonyl (C=O) groups is 2. The van der Waals surface area contributed by atoms with Crippen molar-refractivity contribution in [3.63, 3.8) is 0 Å². The largest absolute Gasteiger partial charge is 0.465 e. The average Bonchev–Trinajstić information content (AvgIpc) is 3.58. The lowest BCUT2D eigenvalue weighted by Crippen LogP contribution is -2.45. The molecule has 1 aliphatic rings. The van der Waals surface area contributed by atoms with E-state index in [0.29, 0.717) is 5.69 Å². The Morgan fingerprint density at radius 2 is 2.00 bits per heavy atom. The van der Waals surface area contributed by atoms with Crippen LogP contribution in [0.2, 0.25) is 0 Å². The minimum Gasteiger partial charge on any atom is -0.465 e. The van der Waals surface area contributed by atoms with E-state index in [9.17, 15) is 14.0 Å². The van der Waals surface area contributed by atoms with Crippen molar-refractivity contribution in [2.24, 2.45) is 11.7 Å². The average molecular weight is 438 g/mol. The highest BCUT2D eigenvalue weighted by atomic mass is 19.1. The zero-order valence-electron chi connectivity index (χ0n) is 17.3. The van der Waals surface area contributed by atoms with Crippen molar-refractivity contribution in [3.8, 4) is 0 Å². The lowest BCUT2D eigenvalue weighted by molar-refractivity contribution is 0.100. The molecule has 1 aliphatic carbocycles. The molecule has 32 heavy (non-hydrogen) atoms. The Morgan fingerprint density at radius 3 is 2.69 bits per heavy atom. The number of pyridine rings is 2. The Kier molecular flexibility index (Phi) is 5.76. The van der Waals surface area contributed by atoms with Gasteiger partial charge in [-0.25, -0.2) is 14.2 Å². The van der Waals surface area contributed by atoms with Gasteiger partial charge < -0.3 is 26.8 Å². The molecule has 0 bridgehead atoms. The number of carbonyl (C=O) groups excluding carboxylic acids is 1. The van der Waals surface area contributed by atoms with Crippen LogP contribution in [0.15, 0.2) is 42.6 Å². The maximum Gasteiger partial charge on any atom is 0.404 e. The van der Waals surface area contributed by atoms with E-state index in [1.165, 1.54) is 0 Å². The van der Waals surface area contributed by atoms with Crippen LogP contribution in [0, 0.1) is 11.7 Å². The summed E-state index contributed by atoms with van der Waals surface area (Å²) in [6.45, 7) is 1.71. The van der Waals surface area contributed by atoms with Crippen molar-refractivity contribution in [3.05, 3.63) is 54.0 Å². The second-order valence-corrected chi connectivity index (χ2v) is 7.83. The first-order chi connectivity index (χ1) is 15.3. The Morgan fingerprint density at radius 1 is 1.22 bits per heavy atom. The molecule has 4 rings (SSSR count). The predicted octanol–water partition coefficient (Wildman–Crippen LogP) is 3.46. The molecular weight excluding hydrogens is 415 g/mol. The molecule has 2 heterocycles. The van der Waals surface area contributed by atoms with Crippen LogP contribution in [-0.2, 0) is 0 Å². The van der Waals surface area contributed by atoms with Crippen molar-refractivity contribution in [1.29, 1.82) is 0 Å². The maximum absolute atomic E-state index is 14.8. The highest BCUT2D eigenvalue weighted by Crippen LogP contribution is 2.36. The van der Waals surface area contributed by atoms with Gasteiger partial charge in [-0.3, -0.25) is 9.78 Å². The molecule has 1 saturated carbocycles. The molecule has 0 unspecified atom stereocenters. The van der Waals surface area contributed by atoms with Gasteiger partial charge in [-0.2, -0.15) is 0 Å². The van der Waals surface area contributed by atoms with Crippen molar-refractivity contribution < 1.29 is 19.1 Å². The normalized spacial score (nSPS) is 15.1. The fourth-order valence-corrected chi connectivity index (χ4v) is 3.76. The zero-order valence-corrected chi connectivity index (χ0v) is 17.3. The lowest BCUT2D eigenvalue weighted by Gasteiger charge is -2.26. The van der Waals surface area contributed by atoms with Gasteiger partial charge in [0, 0.05) is 23.3 Å². The van der Waals surface area contributed by atoms with Crippen molar-refractivity contribution >= 4 is 40.2 Å². The van der Waals surface area contributed by atoms with Gasteiger partial charge in [-0.15, -0.1) is 0 Å². The van der Waals surface area contributed by atoms with Gasteiger partial charge in [-0.05, 0) is 56.0 Å². The standard InChI is InChI=1S/C22H23FN6O3/c1-11(26-22(31)32)18(12-7-8-12)28-21-15(23)10-14(19(24)30)20(29-21)27-17-6-2-5-16-13(17)4-3-9-25-16/h2-6,9-12,18,26H,7-8H2,1H3,(H2,24,30)(H,31,32)(H2,27,28,29)/t11-,18+/m0/s1. The number of fused-ring (bicyclic) bond motifs is 1. The Labute approximate surface area is 183 Å². The molecule has 0 spiro atoms. The van der Waals surface area contributed by atoms with E-state index >= 15 is 0 Å². The number of primary amides is 1. The second-order valence-electron chi connectivity index (χ2n) is 7.83. The fraction of sp³-hybridized carbons (Fsp3) is 0.273. The number of aromatic nitrogens is 2. The first-order valence-corrected chi connectivity index (χ1v) is 10.2. The quantitative estimate of drug-likeness (QED) is 0.362. The minimum atomic E-state index is -1.16. The molecule has 2 amide bonds. The molecule has 10 heteroatoms. The number of nitrogens with zero attached hydrogens (tertiary/aromatic N) is 2. The Balaban J connectivity index is 1.70. The number of hydrogen-bond donors (Lipinski definition) is 5. The topological polar surface area (TPSA) is 142 Å². The number of halogens is 1. The highest BCUT2D eigenvalue weighted by molar-refractivity contribution is 6.00. The number of hydrogen-bond acceptors (Lipinski definition) is 6. The summed E-state index contributed by atoms with van der Waals surface area (Å²) in [5, 5.41) is 18.4. The Hall–Kier alpha value is -3.95. The van der Waals surface area contributed by atoms with Crippen LogP contribution in [-0.4, -0.2) is 39.2 Å². The minimum absolute atomic E-state index is 0.0890. The summed E-state index contributed by atoms with van der Waals surface area (Å²) < 4.78 is 14.8. The van der Waals surface area contributed by atoms with Crippen molar-refractivity contribution in [2.75, 3.05) is 10.6 Å². The summed E-state index contributed by atoms with van der Waals surface area (Å²) in [5.41, 5.74) is 6.73. The smallest absolute Gasteiger partial charge is 0.404 e. The van der Waals surface area contributed by atoms with Gasteiger partial charge >= 0.3 is 6.09 Å². The molecule has 9 nitrogen and oxygen atoms in total. The molecule has 1 fully saturated rings. The van der Waals surface area contributed by atoms with E-state index in [4.69, 9.17) is 10.8 Å². The number of carboxylic acid groups (broad SMARTS) is 1. The van der Waals surface area contributed by atoms with E-state index < -0.39 is 23.9 Å². The summed E-state index contributed by atoms with van der Waals surface area (Å²) in [7, 11) is 0. The highest BCUT2D eigenvalue weighted by Gasteiger charge is 2.36. The van der Waals surface area contributed by atoms with Crippen molar-refractivity contribution in [2.45, 2.75) is 31.8 Å². The zero-order chi connectivity index (χ0) is 22.8. The number of nitrogens with two attached hydrogens (primary N) is 1. The Bertz CT molecular complexity index is 1180. The third-order valence-corrected chi connectivity index (χ3v) is 5.46. The summed E-state index contributed by atoms with van der Waals surface area (Å²) in [4.78, 5) is 31.7. The number of anilines is 3. The number of benzene rings is 1. The number of amides is 2. The molecule has 0 saturated heterocycles. The molecule has 3 aromatic rings. The number of nitrogens with one attached hydrogen (secondary N) is 3. The van der Waals surface area contributed by atoms with Gasteiger partial charge in [0.2, 0.25) is 0 Å². The van der Waals surface area contributed by atoms with E-state index in [-0.39, 0.29) is 29.2 Å².